The van der Waals surface area contributed by atoms with E-state index in [1.54, 1.807) is 12.1 Å². The van der Waals surface area contributed by atoms with E-state index in [1.807, 2.05) is 6.07 Å². The molecule has 1 atom stereocenters. The van der Waals surface area contributed by atoms with Crippen molar-refractivity contribution in [2.45, 2.75) is 32.2 Å². The summed E-state index contributed by atoms with van der Waals surface area (Å²) in [5.74, 6) is 0.681. The Morgan fingerprint density at radius 1 is 1.33 bits per heavy atom. The molecule has 1 aliphatic heterocycles. The van der Waals surface area contributed by atoms with Crippen molar-refractivity contribution in [3.63, 3.8) is 0 Å². The third-order valence-corrected chi connectivity index (χ3v) is 4.47. The van der Waals surface area contributed by atoms with E-state index in [1.165, 1.54) is 19.8 Å². The number of hydrogen-bond acceptors (Lipinski definition) is 5. The summed E-state index contributed by atoms with van der Waals surface area (Å²) >= 11 is 0. The molecule has 3 rings (SSSR count). The molecule has 1 aromatic rings. The van der Waals surface area contributed by atoms with Crippen molar-refractivity contribution in [2.75, 3.05) is 26.2 Å². The van der Waals surface area contributed by atoms with Gasteiger partial charge >= 0.3 is 5.97 Å². The van der Waals surface area contributed by atoms with Crippen LogP contribution in [0.3, 0.4) is 0 Å². The highest BCUT2D eigenvalue weighted by molar-refractivity contribution is 5.85. The van der Waals surface area contributed by atoms with Crippen molar-refractivity contribution in [3.05, 3.63) is 23.8 Å². The van der Waals surface area contributed by atoms with Crippen LogP contribution in [-0.2, 0) is 4.79 Å². The molecule has 1 aromatic carbocycles. The number of carbonyl (C=O) groups is 1. The standard InChI is InChI=1S/C17H24N2O3.2ClH/c1-12(20)22-17-5-4-14(11-16(17)21)15(10-13-2-3-13)19-8-6-18-7-9-19;;/h4-5,11,13,15,18,21H,2-3,6-10H2,1H3;2*1H/t15-;;/m1../s1. The monoisotopic (exact) mass is 376 g/mol. The fourth-order valence-electron chi connectivity index (χ4n) is 3.14. The average Bonchev–Trinajstić information content (AvgIpc) is 3.32. The van der Waals surface area contributed by atoms with Crippen LogP contribution in [0.2, 0.25) is 0 Å². The number of nitrogens with zero attached hydrogens (tertiary/aromatic N) is 1. The lowest BCUT2D eigenvalue weighted by Gasteiger charge is -2.35. The molecule has 136 valence electrons. The van der Waals surface area contributed by atoms with E-state index in [9.17, 15) is 9.90 Å². The van der Waals surface area contributed by atoms with Gasteiger partial charge in [0.1, 0.15) is 0 Å². The topological polar surface area (TPSA) is 61.8 Å². The average molecular weight is 377 g/mol. The Bertz CT molecular complexity index is 547. The lowest BCUT2D eigenvalue weighted by molar-refractivity contribution is -0.132. The fourth-order valence-corrected chi connectivity index (χ4v) is 3.14. The highest BCUT2D eigenvalue weighted by Gasteiger charge is 2.30. The Labute approximate surface area is 155 Å². The van der Waals surface area contributed by atoms with Crippen LogP contribution >= 0.6 is 24.8 Å². The largest absolute Gasteiger partial charge is 0.504 e. The Kier molecular flexibility index (Phi) is 8.30. The van der Waals surface area contributed by atoms with Crippen LogP contribution in [-0.4, -0.2) is 42.2 Å². The summed E-state index contributed by atoms with van der Waals surface area (Å²) in [6.07, 6.45) is 3.78. The quantitative estimate of drug-likeness (QED) is 0.610. The molecule has 2 aliphatic rings. The minimum Gasteiger partial charge on any atom is -0.504 e. The van der Waals surface area contributed by atoms with E-state index in [4.69, 9.17) is 4.74 Å². The number of phenols is 1. The van der Waals surface area contributed by atoms with Crippen LogP contribution in [0.4, 0.5) is 0 Å². The number of ether oxygens (including phenoxy) is 1. The lowest BCUT2D eigenvalue weighted by Crippen LogP contribution is -2.45. The Morgan fingerprint density at radius 2 is 2.00 bits per heavy atom. The Balaban J connectivity index is 0.00000144. The zero-order chi connectivity index (χ0) is 15.5. The van der Waals surface area contributed by atoms with E-state index in [2.05, 4.69) is 10.2 Å². The molecule has 2 fully saturated rings. The highest BCUT2D eigenvalue weighted by atomic mass is 35.5. The molecule has 7 heteroatoms. The molecule has 1 heterocycles. The lowest BCUT2D eigenvalue weighted by atomic mass is 9.98. The van der Waals surface area contributed by atoms with Crippen LogP contribution in [0, 0.1) is 5.92 Å². The predicted molar refractivity (Wildman–Crippen MR) is 98.4 cm³/mol. The van der Waals surface area contributed by atoms with Crippen molar-refractivity contribution in [1.82, 2.24) is 10.2 Å². The molecule has 5 nitrogen and oxygen atoms in total. The van der Waals surface area contributed by atoms with Crippen molar-refractivity contribution < 1.29 is 14.6 Å². The third kappa shape index (κ3) is 5.52. The SMILES string of the molecule is CC(=O)Oc1ccc([C@@H](CC2CC2)N2CCNCC2)cc1O.Cl.Cl. The maximum atomic E-state index is 11.0. The van der Waals surface area contributed by atoms with E-state index < -0.39 is 5.97 Å². The minimum atomic E-state index is -0.417. The number of benzene rings is 1. The van der Waals surface area contributed by atoms with Gasteiger partial charge in [-0.1, -0.05) is 18.9 Å². The maximum Gasteiger partial charge on any atom is 0.308 e. The van der Waals surface area contributed by atoms with Gasteiger partial charge in [-0.15, -0.1) is 24.8 Å². The third-order valence-electron chi connectivity index (χ3n) is 4.47. The van der Waals surface area contributed by atoms with Gasteiger partial charge in [0, 0.05) is 39.1 Å². The van der Waals surface area contributed by atoms with E-state index in [0.29, 0.717) is 6.04 Å². The van der Waals surface area contributed by atoms with E-state index in [0.717, 1.165) is 44.1 Å². The van der Waals surface area contributed by atoms with Gasteiger partial charge in [-0.25, -0.2) is 0 Å². The number of rotatable bonds is 5. The molecule has 1 saturated carbocycles. The van der Waals surface area contributed by atoms with Crippen molar-refractivity contribution >= 4 is 30.8 Å². The van der Waals surface area contributed by atoms with Crippen molar-refractivity contribution in [3.8, 4) is 11.5 Å². The van der Waals surface area contributed by atoms with E-state index >= 15 is 0 Å². The predicted octanol–water partition coefficient (Wildman–Crippen LogP) is 2.91. The molecule has 0 aromatic heterocycles. The molecule has 0 radical (unpaired) electrons. The van der Waals surface area contributed by atoms with Crippen LogP contribution < -0.4 is 10.1 Å². The number of piperazine rings is 1. The number of hydrogen-bond donors (Lipinski definition) is 2. The second kappa shape index (κ2) is 9.47. The number of carbonyl (C=O) groups excluding carboxylic acids is 1. The summed E-state index contributed by atoms with van der Waals surface area (Å²) in [6.45, 7) is 5.43. The summed E-state index contributed by atoms with van der Waals surface area (Å²) in [5, 5.41) is 13.5. The van der Waals surface area contributed by atoms with Crippen molar-refractivity contribution in [1.29, 1.82) is 0 Å². The van der Waals surface area contributed by atoms with Gasteiger partial charge in [0.15, 0.2) is 11.5 Å². The van der Waals surface area contributed by atoms with Gasteiger partial charge < -0.3 is 15.2 Å². The molecule has 0 unspecified atom stereocenters. The van der Waals surface area contributed by atoms with Crippen molar-refractivity contribution in [2.24, 2.45) is 5.92 Å². The fraction of sp³-hybridized carbons (Fsp3) is 0.588. The first-order chi connectivity index (χ1) is 10.6. The summed E-state index contributed by atoms with van der Waals surface area (Å²) in [6, 6.07) is 5.78. The normalized spacial score (nSPS) is 18.9. The zero-order valence-corrected chi connectivity index (χ0v) is 15.5. The molecular weight excluding hydrogens is 351 g/mol. The molecular formula is C17H26Cl2N2O3. The van der Waals surface area contributed by atoms with Gasteiger partial charge in [0.2, 0.25) is 0 Å². The first-order valence-electron chi connectivity index (χ1n) is 8.09. The second-order valence-corrected chi connectivity index (χ2v) is 6.30. The van der Waals surface area contributed by atoms with Gasteiger partial charge in [-0.3, -0.25) is 9.69 Å². The number of esters is 1. The molecule has 0 bridgehead atoms. The van der Waals surface area contributed by atoms with Crippen LogP contribution in [0.15, 0.2) is 18.2 Å². The summed E-state index contributed by atoms with van der Waals surface area (Å²) in [4.78, 5) is 13.5. The Morgan fingerprint density at radius 3 is 2.54 bits per heavy atom. The van der Waals surface area contributed by atoms with Gasteiger partial charge in [0.05, 0.1) is 0 Å². The maximum absolute atomic E-state index is 11.0. The Hall–Kier alpha value is -1.01. The summed E-state index contributed by atoms with van der Waals surface area (Å²) in [5.41, 5.74) is 1.11. The van der Waals surface area contributed by atoms with E-state index in [-0.39, 0.29) is 36.3 Å². The van der Waals surface area contributed by atoms with Gasteiger partial charge in [0.25, 0.3) is 0 Å². The zero-order valence-electron chi connectivity index (χ0n) is 13.9. The molecule has 0 spiro atoms. The summed E-state index contributed by atoms with van der Waals surface area (Å²) < 4.78 is 5.01. The molecule has 0 amide bonds. The molecule has 24 heavy (non-hydrogen) atoms. The molecule has 1 aliphatic carbocycles. The molecule has 2 N–H and O–H groups in total. The number of aromatic hydroxyl groups is 1. The second-order valence-electron chi connectivity index (χ2n) is 6.30. The molecule has 1 saturated heterocycles. The van der Waals surface area contributed by atoms with Gasteiger partial charge in [-0.2, -0.15) is 0 Å². The number of nitrogens with one attached hydrogen (secondary N) is 1. The minimum absolute atomic E-state index is 0. The summed E-state index contributed by atoms with van der Waals surface area (Å²) in [7, 11) is 0. The first kappa shape index (κ1) is 21.0. The smallest absolute Gasteiger partial charge is 0.308 e. The number of halogens is 2. The van der Waals surface area contributed by atoms with Gasteiger partial charge in [-0.05, 0) is 30.0 Å². The van der Waals surface area contributed by atoms with Crippen LogP contribution in [0.25, 0.3) is 0 Å². The van der Waals surface area contributed by atoms with Crippen LogP contribution in [0.5, 0.6) is 11.5 Å². The van der Waals surface area contributed by atoms with Crippen LogP contribution in [0.1, 0.15) is 37.8 Å². The number of phenolic OH excluding ortho intramolecular Hbond substituents is 1. The highest BCUT2D eigenvalue weighted by Crippen LogP contribution is 2.41. The first-order valence-corrected chi connectivity index (χ1v) is 8.09.